The van der Waals surface area contributed by atoms with E-state index in [1.54, 1.807) is 6.92 Å². The van der Waals surface area contributed by atoms with E-state index in [-0.39, 0.29) is 5.78 Å². The lowest BCUT2D eigenvalue weighted by Gasteiger charge is -2.16. The second-order valence-corrected chi connectivity index (χ2v) is 5.07. The Balaban J connectivity index is 1.88. The zero-order chi connectivity index (χ0) is 11.1. The van der Waals surface area contributed by atoms with Gasteiger partial charge in [0.2, 0.25) is 0 Å². The molecule has 2 aliphatic rings. The lowest BCUT2D eigenvalue weighted by molar-refractivity contribution is 0.101. The van der Waals surface area contributed by atoms with Crippen LogP contribution in [0.1, 0.15) is 41.6 Å². The van der Waals surface area contributed by atoms with Crippen molar-refractivity contribution in [3.05, 3.63) is 47.5 Å². The Bertz CT molecular complexity index is 458. The number of carbonyl (C=O) groups is 1. The van der Waals surface area contributed by atoms with E-state index in [0.717, 1.165) is 17.4 Å². The number of allylic oxidation sites excluding steroid dienone is 2. The lowest BCUT2D eigenvalue weighted by Crippen LogP contribution is -2.03. The van der Waals surface area contributed by atoms with E-state index >= 15 is 0 Å². The first kappa shape index (κ1) is 9.83. The van der Waals surface area contributed by atoms with Crippen LogP contribution in [0.25, 0.3) is 0 Å². The van der Waals surface area contributed by atoms with Crippen molar-refractivity contribution in [1.29, 1.82) is 0 Å². The van der Waals surface area contributed by atoms with Gasteiger partial charge in [-0.1, -0.05) is 30.4 Å². The molecule has 0 N–H and O–H groups in total. The van der Waals surface area contributed by atoms with Crippen molar-refractivity contribution in [1.82, 2.24) is 0 Å². The van der Waals surface area contributed by atoms with Gasteiger partial charge in [0, 0.05) is 11.5 Å². The minimum absolute atomic E-state index is 0.158. The predicted octanol–water partition coefficient (Wildman–Crippen LogP) is 3.57. The van der Waals surface area contributed by atoms with Crippen molar-refractivity contribution in [3.63, 3.8) is 0 Å². The molecule has 1 nitrogen and oxygen atoms in total. The van der Waals surface area contributed by atoms with E-state index in [9.17, 15) is 4.79 Å². The van der Waals surface area contributed by atoms with Crippen molar-refractivity contribution < 1.29 is 4.79 Å². The monoisotopic (exact) mass is 212 g/mol. The van der Waals surface area contributed by atoms with E-state index in [1.807, 2.05) is 12.1 Å². The van der Waals surface area contributed by atoms with Gasteiger partial charge in [-0.15, -0.1) is 0 Å². The molecule has 0 aromatic heterocycles. The number of rotatable bonds is 2. The number of fused-ring (bicyclic) bond motifs is 1. The maximum atomic E-state index is 11.3. The van der Waals surface area contributed by atoms with Gasteiger partial charge in [-0.25, -0.2) is 0 Å². The van der Waals surface area contributed by atoms with E-state index in [0.29, 0.717) is 5.92 Å². The number of ketones is 1. The Morgan fingerprint density at radius 1 is 1.25 bits per heavy atom. The number of carbonyl (C=O) groups excluding carboxylic acids is 1. The molecule has 3 atom stereocenters. The van der Waals surface area contributed by atoms with Gasteiger partial charge in [0.15, 0.2) is 5.78 Å². The van der Waals surface area contributed by atoms with Crippen LogP contribution in [-0.4, -0.2) is 5.78 Å². The van der Waals surface area contributed by atoms with Crippen molar-refractivity contribution in [2.45, 2.75) is 25.7 Å². The van der Waals surface area contributed by atoms with Crippen LogP contribution in [0.15, 0.2) is 36.4 Å². The molecule has 1 aromatic rings. The van der Waals surface area contributed by atoms with Crippen molar-refractivity contribution >= 4 is 5.78 Å². The third kappa shape index (κ3) is 1.71. The molecule has 0 spiro atoms. The van der Waals surface area contributed by atoms with Crippen LogP contribution in [0.3, 0.4) is 0 Å². The summed E-state index contributed by atoms with van der Waals surface area (Å²) in [6.45, 7) is 1.63. The standard InChI is InChI=1S/C15H16O/c1-10(16)11-3-2-4-12(7-11)13-5-6-14-9-15(14)8-13/h2-7,13-15H,8-9H2,1H3. The highest BCUT2D eigenvalue weighted by atomic mass is 16.1. The van der Waals surface area contributed by atoms with Gasteiger partial charge < -0.3 is 0 Å². The van der Waals surface area contributed by atoms with Gasteiger partial charge in [0.1, 0.15) is 0 Å². The normalized spacial score (nSPS) is 30.9. The highest BCUT2D eigenvalue weighted by molar-refractivity contribution is 5.94. The second-order valence-electron chi connectivity index (χ2n) is 5.07. The Kier molecular flexibility index (Phi) is 2.20. The third-order valence-electron chi connectivity index (χ3n) is 3.85. The van der Waals surface area contributed by atoms with Crippen LogP contribution in [0.2, 0.25) is 0 Å². The van der Waals surface area contributed by atoms with Gasteiger partial charge >= 0.3 is 0 Å². The lowest BCUT2D eigenvalue weighted by atomic mass is 9.88. The molecule has 2 aliphatic carbocycles. The molecule has 0 bridgehead atoms. The van der Waals surface area contributed by atoms with Gasteiger partial charge in [0.25, 0.3) is 0 Å². The summed E-state index contributed by atoms with van der Waals surface area (Å²) in [5, 5.41) is 0. The van der Waals surface area contributed by atoms with Gasteiger partial charge in [-0.3, -0.25) is 4.79 Å². The fourth-order valence-electron chi connectivity index (χ4n) is 2.69. The molecule has 82 valence electrons. The molecule has 1 aromatic carbocycles. The first-order chi connectivity index (χ1) is 7.74. The van der Waals surface area contributed by atoms with Gasteiger partial charge in [-0.05, 0) is 43.2 Å². The molecule has 3 rings (SSSR count). The summed E-state index contributed by atoms with van der Waals surface area (Å²) in [5.41, 5.74) is 2.14. The van der Waals surface area contributed by atoms with Crippen LogP contribution >= 0.6 is 0 Å². The molecule has 1 fully saturated rings. The van der Waals surface area contributed by atoms with Crippen molar-refractivity contribution in [3.8, 4) is 0 Å². The maximum Gasteiger partial charge on any atom is 0.159 e. The molecule has 0 amide bonds. The minimum Gasteiger partial charge on any atom is -0.295 e. The van der Waals surface area contributed by atoms with E-state index in [4.69, 9.17) is 0 Å². The number of hydrogen-bond acceptors (Lipinski definition) is 1. The predicted molar refractivity (Wildman–Crippen MR) is 64.5 cm³/mol. The quantitative estimate of drug-likeness (QED) is 0.541. The van der Waals surface area contributed by atoms with E-state index in [2.05, 4.69) is 24.3 Å². The van der Waals surface area contributed by atoms with Crippen molar-refractivity contribution in [2.24, 2.45) is 11.8 Å². The van der Waals surface area contributed by atoms with Crippen LogP contribution in [-0.2, 0) is 0 Å². The molecule has 0 radical (unpaired) electrons. The SMILES string of the molecule is CC(=O)c1cccc(C2C=CC3CC3C2)c1. The van der Waals surface area contributed by atoms with Crippen LogP contribution in [0.5, 0.6) is 0 Å². The van der Waals surface area contributed by atoms with Crippen LogP contribution < -0.4 is 0 Å². The van der Waals surface area contributed by atoms with E-state index < -0.39 is 0 Å². The smallest absolute Gasteiger partial charge is 0.159 e. The van der Waals surface area contributed by atoms with Crippen LogP contribution in [0.4, 0.5) is 0 Å². The molecule has 0 heterocycles. The summed E-state index contributed by atoms with van der Waals surface area (Å²) in [5.74, 6) is 2.47. The molecule has 1 saturated carbocycles. The molecule has 3 unspecified atom stereocenters. The summed E-state index contributed by atoms with van der Waals surface area (Å²) >= 11 is 0. The zero-order valence-electron chi connectivity index (χ0n) is 9.52. The number of hydrogen-bond donors (Lipinski definition) is 0. The summed E-state index contributed by atoms with van der Waals surface area (Å²) in [6, 6.07) is 8.10. The minimum atomic E-state index is 0.158. The van der Waals surface area contributed by atoms with Crippen LogP contribution in [0, 0.1) is 11.8 Å². The second kappa shape index (κ2) is 3.58. The Hall–Kier alpha value is -1.37. The van der Waals surface area contributed by atoms with Gasteiger partial charge in [0.05, 0.1) is 0 Å². The number of benzene rings is 1. The zero-order valence-corrected chi connectivity index (χ0v) is 9.52. The third-order valence-corrected chi connectivity index (χ3v) is 3.85. The first-order valence-corrected chi connectivity index (χ1v) is 6.03. The fourth-order valence-corrected chi connectivity index (χ4v) is 2.69. The summed E-state index contributed by atoms with van der Waals surface area (Å²) in [4.78, 5) is 11.3. The first-order valence-electron chi connectivity index (χ1n) is 6.03. The van der Waals surface area contributed by atoms with Gasteiger partial charge in [-0.2, -0.15) is 0 Å². The average Bonchev–Trinajstić information content (AvgIpc) is 3.07. The highest BCUT2D eigenvalue weighted by Crippen LogP contribution is 2.50. The van der Waals surface area contributed by atoms with Crippen molar-refractivity contribution in [2.75, 3.05) is 0 Å². The summed E-state index contributed by atoms with van der Waals surface area (Å²) < 4.78 is 0. The molecular weight excluding hydrogens is 196 g/mol. The number of Topliss-reactive ketones (excluding diaryl/α,β-unsaturated/α-hetero) is 1. The molecule has 0 aliphatic heterocycles. The molecular formula is C15H16O. The Morgan fingerprint density at radius 2 is 2.12 bits per heavy atom. The summed E-state index contributed by atoms with van der Waals surface area (Å²) in [7, 11) is 0. The Labute approximate surface area is 96.2 Å². The molecule has 0 saturated heterocycles. The highest BCUT2D eigenvalue weighted by Gasteiger charge is 2.39. The topological polar surface area (TPSA) is 17.1 Å². The Morgan fingerprint density at radius 3 is 2.88 bits per heavy atom. The molecule has 16 heavy (non-hydrogen) atoms. The summed E-state index contributed by atoms with van der Waals surface area (Å²) in [6.07, 6.45) is 7.33. The molecule has 1 heteroatoms. The van der Waals surface area contributed by atoms with E-state index in [1.165, 1.54) is 18.4 Å². The maximum absolute atomic E-state index is 11.3. The average molecular weight is 212 g/mol. The largest absolute Gasteiger partial charge is 0.295 e. The fraction of sp³-hybridized carbons (Fsp3) is 0.400.